The molecule has 0 heterocycles. The number of methoxy groups -OCH3 is 3. The van der Waals surface area contributed by atoms with Crippen LogP contribution in [0.1, 0.15) is 5.56 Å². The van der Waals surface area contributed by atoms with Crippen molar-refractivity contribution in [2.75, 3.05) is 21.3 Å². The summed E-state index contributed by atoms with van der Waals surface area (Å²) in [6.45, 7) is 3.63. The Labute approximate surface area is 95.9 Å². The summed E-state index contributed by atoms with van der Waals surface area (Å²) in [6.07, 6.45) is 5.40. The van der Waals surface area contributed by atoms with E-state index in [1.807, 2.05) is 24.3 Å². The van der Waals surface area contributed by atoms with Crippen molar-refractivity contribution in [3.63, 3.8) is 0 Å². The predicted octanol–water partition coefficient (Wildman–Crippen LogP) is 2.91. The molecule has 1 aromatic carbocycles. The summed E-state index contributed by atoms with van der Waals surface area (Å²) in [6, 6.07) is 3.62. The lowest BCUT2D eigenvalue weighted by Gasteiger charge is -2.12. The molecule has 3 nitrogen and oxygen atoms in total. The van der Waals surface area contributed by atoms with Crippen molar-refractivity contribution >= 4 is 6.08 Å². The van der Waals surface area contributed by atoms with Crippen LogP contribution >= 0.6 is 0 Å². The zero-order valence-electron chi connectivity index (χ0n) is 9.82. The van der Waals surface area contributed by atoms with E-state index in [-0.39, 0.29) is 0 Å². The molecule has 0 fully saturated rings. The maximum Gasteiger partial charge on any atom is 0.133 e. The molecule has 0 bridgehead atoms. The Bertz CT molecular complexity index is 369. The molecule has 0 spiro atoms. The van der Waals surface area contributed by atoms with Crippen molar-refractivity contribution in [1.82, 2.24) is 0 Å². The summed E-state index contributed by atoms with van der Waals surface area (Å²) >= 11 is 0. The molecule has 0 unspecified atom stereocenters. The summed E-state index contributed by atoms with van der Waals surface area (Å²) in [5, 5.41) is 0. The van der Waals surface area contributed by atoms with Crippen LogP contribution in [0.15, 0.2) is 30.9 Å². The van der Waals surface area contributed by atoms with Crippen LogP contribution in [0, 0.1) is 0 Å². The fourth-order valence-electron chi connectivity index (χ4n) is 1.36. The van der Waals surface area contributed by atoms with Gasteiger partial charge in [0.2, 0.25) is 0 Å². The molecule has 3 heteroatoms. The highest BCUT2D eigenvalue weighted by Crippen LogP contribution is 2.34. The van der Waals surface area contributed by atoms with Gasteiger partial charge in [0.1, 0.15) is 17.2 Å². The molecule has 86 valence electrons. The van der Waals surface area contributed by atoms with E-state index in [1.54, 1.807) is 27.4 Å². The number of allylic oxidation sites excluding steroid dienone is 2. The minimum atomic E-state index is 0.699. The highest BCUT2D eigenvalue weighted by molar-refractivity contribution is 5.67. The minimum absolute atomic E-state index is 0.699. The molecule has 0 atom stereocenters. The number of hydrogen-bond donors (Lipinski definition) is 0. The fraction of sp³-hybridized carbons (Fsp3) is 0.231. The Morgan fingerprint density at radius 3 is 1.94 bits per heavy atom. The number of rotatable bonds is 5. The molecule has 0 radical (unpaired) electrons. The van der Waals surface area contributed by atoms with Crippen LogP contribution in [-0.4, -0.2) is 21.3 Å². The molecular formula is C13H16O3. The normalized spacial score (nSPS) is 10.2. The van der Waals surface area contributed by atoms with Crippen LogP contribution < -0.4 is 14.2 Å². The van der Waals surface area contributed by atoms with Crippen LogP contribution in [0.4, 0.5) is 0 Å². The Balaban J connectivity index is 3.30. The van der Waals surface area contributed by atoms with Gasteiger partial charge in [0.25, 0.3) is 0 Å². The number of ether oxygens (including phenoxy) is 3. The van der Waals surface area contributed by atoms with Gasteiger partial charge in [0, 0.05) is 12.1 Å². The van der Waals surface area contributed by atoms with Crippen molar-refractivity contribution in [1.29, 1.82) is 0 Å². The average molecular weight is 220 g/mol. The summed E-state index contributed by atoms with van der Waals surface area (Å²) in [5.74, 6) is 2.10. The van der Waals surface area contributed by atoms with E-state index >= 15 is 0 Å². The first-order chi connectivity index (χ1) is 7.76. The molecule has 0 saturated carbocycles. The molecule has 16 heavy (non-hydrogen) atoms. The molecule has 0 aliphatic carbocycles. The van der Waals surface area contributed by atoms with Gasteiger partial charge in [0.05, 0.1) is 26.9 Å². The molecule has 0 saturated heterocycles. The van der Waals surface area contributed by atoms with Gasteiger partial charge >= 0.3 is 0 Å². The lowest BCUT2D eigenvalue weighted by Crippen LogP contribution is -1.94. The largest absolute Gasteiger partial charge is 0.496 e. The standard InChI is InChI=1S/C13H16O3/c1-5-6-7-11-12(15-3)8-10(14-2)9-13(11)16-4/h5-9H,1H2,2-4H3/b7-6+. The number of hydrogen-bond acceptors (Lipinski definition) is 3. The maximum atomic E-state index is 5.28. The molecule has 0 aromatic heterocycles. The van der Waals surface area contributed by atoms with E-state index in [4.69, 9.17) is 14.2 Å². The van der Waals surface area contributed by atoms with Crippen molar-refractivity contribution in [3.8, 4) is 17.2 Å². The Morgan fingerprint density at radius 2 is 1.56 bits per heavy atom. The minimum Gasteiger partial charge on any atom is -0.496 e. The first-order valence-corrected chi connectivity index (χ1v) is 4.86. The third-order valence-corrected chi connectivity index (χ3v) is 2.15. The van der Waals surface area contributed by atoms with E-state index in [0.717, 1.165) is 5.56 Å². The van der Waals surface area contributed by atoms with Gasteiger partial charge in [-0.25, -0.2) is 0 Å². The molecule has 1 rings (SSSR count). The maximum absolute atomic E-state index is 5.28. The summed E-state index contributed by atoms with van der Waals surface area (Å²) in [4.78, 5) is 0. The van der Waals surface area contributed by atoms with Gasteiger partial charge in [-0.2, -0.15) is 0 Å². The Kier molecular flexibility index (Phi) is 4.45. The van der Waals surface area contributed by atoms with Crippen LogP contribution in [0.2, 0.25) is 0 Å². The van der Waals surface area contributed by atoms with Crippen LogP contribution in [0.3, 0.4) is 0 Å². The van der Waals surface area contributed by atoms with Gasteiger partial charge in [-0.05, 0) is 6.08 Å². The molecule has 0 amide bonds. The first kappa shape index (κ1) is 12.2. The van der Waals surface area contributed by atoms with Crippen molar-refractivity contribution < 1.29 is 14.2 Å². The van der Waals surface area contributed by atoms with Crippen LogP contribution in [0.25, 0.3) is 6.08 Å². The predicted molar refractivity (Wildman–Crippen MR) is 65.3 cm³/mol. The SMILES string of the molecule is C=C/C=C/c1c(OC)cc(OC)cc1OC. The second kappa shape index (κ2) is 5.85. The van der Waals surface area contributed by atoms with E-state index < -0.39 is 0 Å². The van der Waals surface area contributed by atoms with Gasteiger partial charge in [-0.1, -0.05) is 18.7 Å². The second-order valence-electron chi connectivity index (χ2n) is 3.04. The molecular weight excluding hydrogens is 204 g/mol. The third kappa shape index (κ3) is 2.57. The molecule has 0 N–H and O–H groups in total. The fourth-order valence-corrected chi connectivity index (χ4v) is 1.36. The summed E-state index contributed by atoms with van der Waals surface area (Å²) in [5.41, 5.74) is 0.866. The van der Waals surface area contributed by atoms with Crippen molar-refractivity contribution in [2.24, 2.45) is 0 Å². The van der Waals surface area contributed by atoms with E-state index in [1.165, 1.54) is 0 Å². The first-order valence-electron chi connectivity index (χ1n) is 4.86. The van der Waals surface area contributed by atoms with E-state index in [2.05, 4.69) is 6.58 Å². The average Bonchev–Trinajstić information content (AvgIpc) is 2.35. The zero-order chi connectivity index (χ0) is 12.0. The molecule has 0 aliphatic rings. The van der Waals surface area contributed by atoms with Gasteiger partial charge in [-0.15, -0.1) is 0 Å². The topological polar surface area (TPSA) is 27.7 Å². The summed E-state index contributed by atoms with van der Waals surface area (Å²) in [7, 11) is 4.83. The monoisotopic (exact) mass is 220 g/mol. The highest BCUT2D eigenvalue weighted by atomic mass is 16.5. The smallest absolute Gasteiger partial charge is 0.133 e. The quantitative estimate of drug-likeness (QED) is 0.714. The summed E-state index contributed by atoms with van der Waals surface area (Å²) < 4.78 is 15.7. The van der Waals surface area contributed by atoms with Gasteiger partial charge in [0.15, 0.2) is 0 Å². The zero-order valence-corrected chi connectivity index (χ0v) is 9.82. The highest BCUT2D eigenvalue weighted by Gasteiger charge is 2.09. The van der Waals surface area contributed by atoms with Crippen molar-refractivity contribution in [2.45, 2.75) is 0 Å². The number of benzene rings is 1. The molecule has 0 aliphatic heterocycles. The van der Waals surface area contributed by atoms with Gasteiger partial charge < -0.3 is 14.2 Å². The van der Waals surface area contributed by atoms with Gasteiger partial charge in [-0.3, -0.25) is 0 Å². The van der Waals surface area contributed by atoms with E-state index in [9.17, 15) is 0 Å². The second-order valence-corrected chi connectivity index (χ2v) is 3.04. The lowest BCUT2D eigenvalue weighted by molar-refractivity contribution is 0.374. The van der Waals surface area contributed by atoms with Crippen molar-refractivity contribution in [3.05, 3.63) is 36.4 Å². The lowest BCUT2D eigenvalue weighted by atomic mass is 10.1. The molecule has 1 aromatic rings. The van der Waals surface area contributed by atoms with E-state index in [0.29, 0.717) is 17.2 Å². The van der Waals surface area contributed by atoms with Crippen LogP contribution in [-0.2, 0) is 0 Å². The third-order valence-electron chi connectivity index (χ3n) is 2.15. The Hall–Kier alpha value is -1.90. The Morgan fingerprint density at radius 1 is 1.00 bits per heavy atom. The van der Waals surface area contributed by atoms with Crippen LogP contribution in [0.5, 0.6) is 17.2 Å².